The SMILES string of the molecule is O=C(OC1(OC[C@@H](O)CO)CCCCC1)c1ccccc1. The van der Waals surface area contributed by atoms with Crippen LogP contribution < -0.4 is 0 Å². The van der Waals surface area contributed by atoms with E-state index in [9.17, 15) is 9.90 Å². The van der Waals surface area contributed by atoms with Crippen molar-refractivity contribution in [3.8, 4) is 0 Å². The summed E-state index contributed by atoms with van der Waals surface area (Å²) in [5, 5.41) is 18.3. The van der Waals surface area contributed by atoms with Crippen molar-refractivity contribution in [1.29, 1.82) is 0 Å². The number of rotatable bonds is 6. The van der Waals surface area contributed by atoms with Crippen LogP contribution in [0.4, 0.5) is 0 Å². The lowest BCUT2D eigenvalue weighted by molar-refractivity contribution is -0.232. The zero-order chi connectivity index (χ0) is 15.1. The molecule has 0 amide bonds. The minimum absolute atomic E-state index is 0.0431. The molecule has 0 aliphatic heterocycles. The van der Waals surface area contributed by atoms with Crippen LogP contribution in [0.5, 0.6) is 0 Å². The third-order valence-electron chi connectivity index (χ3n) is 3.65. The predicted octanol–water partition coefficient (Wildman–Crippen LogP) is 1.87. The van der Waals surface area contributed by atoms with Crippen LogP contribution in [0.25, 0.3) is 0 Å². The van der Waals surface area contributed by atoms with E-state index >= 15 is 0 Å². The Morgan fingerprint density at radius 1 is 1.19 bits per heavy atom. The zero-order valence-corrected chi connectivity index (χ0v) is 12.0. The molecule has 0 aromatic heterocycles. The lowest BCUT2D eigenvalue weighted by atomic mass is 9.94. The van der Waals surface area contributed by atoms with Gasteiger partial charge in [-0.1, -0.05) is 24.6 Å². The Balaban J connectivity index is 2.03. The number of hydrogen-bond donors (Lipinski definition) is 2. The maximum atomic E-state index is 12.2. The molecule has 1 fully saturated rings. The van der Waals surface area contributed by atoms with Gasteiger partial charge in [-0.3, -0.25) is 0 Å². The average Bonchev–Trinajstić information content (AvgIpc) is 2.54. The van der Waals surface area contributed by atoms with Crippen molar-refractivity contribution in [1.82, 2.24) is 0 Å². The van der Waals surface area contributed by atoms with Crippen LogP contribution in [0.1, 0.15) is 42.5 Å². The molecule has 0 saturated heterocycles. The standard InChI is InChI=1S/C16H22O5/c17-11-14(18)12-20-16(9-5-2-6-10-16)21-15(19)13-7-3-1-4-8-13/h1,3-4,7-8,14,17-18H,2,5-6,9-12H2/t14-/m0/s1. The third-order valence-corrected chi connectivity index (χ3v) is 3.65. The normalized spacial score (nSPS) is 19.0. The van der Waals surface area contributed by atoms with Gasteiger partial charge in [0.05, 0.1) is 18.8 Å². The molecule has 0 heterocycles. The molecule has 1 aromatic carbocycles. The van der Waals surface area contributed by atoms with E-state index in [1.165, 1.54) is 0 Å². The van der Waals surface area contributed by atoms with E-state index < -0.39 is 17.9 Å². The predicted molar refractivity (Wildman–Crippen MR) is 76.7 cm³/mol. The van der Waals surface area contributed by atoms with Crippen molar-refractivity contribution in [3.05, 3.63) is 35.9 Å². The van der Waals surface area contributed by atoms with Crippen molar-refractivity contribution in [2.75, 3.05) is 13.2 Å². The molecule has 21 heavy (non-hydrogen) atoms. The van der Waals surface area contributed by atoms with Gasteiger partial charge in [0, 0.05) is 12.8 Å². The number of hydrogen-bond acceptors (Lipinski definition) is 5. The fraction of sp³-hybridized carbons (Fsp3) is 0.562. The van der Waals surface area contributed by atoms with Crippen molar-refractivity contribution >= 4 is 5.97 Å². The van der Waals surface area contributed by atoms with Crippen molar-refractivity contribution in [2.24, 2.45) is 0 Å². The van der Waals surface area contributed by atoms with Crippen LogP contribution in [-0.2, 0) is 9.47 Å². The highest BCUT2D eigenvalue weighted by atomic mass is 16.7. The molecule has 1 aliphatic rings. The first-order valence-corrected chi connectivity index (χ1v) is 7.36. The lowest BCUT2D eigenvalue weighted by Gasteiger charge is -2.36. The van der Waals surface area contributed by atoms with Crippen LogP contribution in [0, 0.1) is 0 Å². The summed E-state index contributed by atoms with van der Waals surface area (Å²) in [4.78, 5) is 12.2. The summed E-state index contributed by atoms with van der Waals surface area (Å²) < 4.78 is 11.3. The maximum Gasteiger partial charge on any atom is 0.340 e. The van der Waals surface area contributed by atoms with Crippen LogP contribution in [0.3, 0.4) is 0 Å². The van der Waals surface area contributed by atoms with E-state index in [0.29, 0.717) is 18.4 Å². The van der Waals surface area contributed by atoms with Crippen LogP contribution in [0.15, 0.2) is 30.3 Å². The molecule has 1 atom stereocenters. The summed E-state index contributed by atoms with van der Waals surface area (Å²) in [5.41, 5.74) is 0.480. The van der Waals surface area contributed by atoms with E-state index in [1.807, 2.05) is 6.07 Å². The van der Waals surface area contributed by atoms with Gasteiger partial charge in [0.25, 0.3) is 0 Å². The summed E-state index contributed by atoms with van der Waals surface area (Å²) in [5.74, 6) is -1.41. The van der Waals surface area contributed by atoms with E-state index in [-0.39, 0.29) is 13.2 Å². The summed E-state index contributed by atoms with van der Waals surface area (Å²) >= 11 is 0. The molecule has 2 N–H and O–H groups in total. The van der Waals surface area contributed by atoms with E-state index in [1.54, 1.807) is 24.3 Å². The third kappa shape index (κ3) is 4.52. The number of ether oxygens (including phenoxy) is 2. The smallest absolute Gasteiger partial charge is 0.340 e. The summed E-state index contributed by atoms with van der Waals surface area (Å²) in [6.07, 6.45) is 3.18. The Kier molecular flexibility index (Phi) is 5.73. The van der Waals surface area contributed by atoms with Gasteiger partial charge in [-0.2, -0.15) is 0 Å². The van der Waals surface area contributed by atoms with E-state index in [0.717, 1.165) is 19.3 Å². The van der Waals surface area contributed by atoms with E-state index in [4.69, 9.17) is 14.6 Å². The van der Waals surface area contributed by atoms with E-state index in [2.05, 4.69) is 0 Å². The Hall–Kier alpha value is -1.43. The first-order valence-electron chi connectivity index (χ1n) is 7.36. The van der Waals surface area contributed by atoms with Crippen LogP contribution >= 0.6 is 0 Å². The highest BCUT2D eigenvalue weighted by Gasteiger charge is 2.37. The highest BCUT2D eigenvalue weighted by molar-refractivity contribution is 5.89. The Morgan fingerprint density at radius 3 is 2.48 bits per heavy atom. The average molecular weight is 294 g/mol. The number of aliphatic hydroxyl groups excluding tert-OH is 2. The Morgan fingerprint density at radius 2 is 1.86 bits per heavy atom. The summed E-state index contributed by atoms with van der Waals surface area (Å²) in [7, 11) is 0. The molecular formula is C16H22O5. The second kappa shape index (κ2) is 7.54. The number of esters is 1. The Bertz CT molecular complexity index is 439. The van der Waals surface area contributed by atoms with Gasteiger partial charge in [-0.25, -0.2) is 4.79 Å². The minimum atomic E-state index is -0.985. The zero-order valence-electron chi connectivity index (χ0n) is 12.0. The molecular weight excluding hydrogens is 272 g/mol. The van der Waals surface area contributed by atoms with Crippen LogP contribution in [0.2, 0.25) is 0 Å². The fourth-order valence-corrected chi connectivity index (χ4v) is 2.47. The van der Waals surface area contributed by atoms with Gasteiger partial charge in [0.2, 0.25) is 5.79 Å². The molecule has 5 heteroatoms. The second-order valence-corrected chi connectivity index (χ2v) is 5.37. The number of benzene rings is 1. The monoisotopic (exact) mass is 294 g/mol. The number of carbonyl (C=O) groups excluding carboxylic acids is 1. The van der Waals surface area contributed by atoms with Gasteiger partial charge in [0.15, 0.2) is 0 Å². The first-order chi connectivity index (χ1) is 10.2. The van der Waals surface area contributed by atoms with Crippen molar-refractivity contribution in [2.45, 2.75) is 44.0 Å². The first kappa shape index (κ1) is 15.9. The molecule has 2 rings (SSSR count). The van der Waals surface area contributed by atoms with Gasteiger partial charge < -0.3 is 19.7 Å². The van der Waals surface area contributed by atoms with Gasteiger partial charge in [-0.05, 0) is 25.0 Å². The molecule has 116 valence electrons. The van der Waals surface area contributed by atoms with Crippen LogP contribution in [-0.4, -0.2) is 41.3 Å². The molecule has 0 spiro atoms. The quantitative estimate of drug-likeness (QED) is 0.619. The molecule has 1 aliphatic carbocycles. The van der Waals surface area contributed by atoms with Crippen molar-refractivity contribution < 1.29 is 24.5 Å². The summed E-state index contributed by atoms with van der Waals surface area (Å²) in [6.45, 7) is -0.415. The molecule has 1 aromatic rings. The van der Waals surface area contributed by atoms with Gasteiger partial charge in [-0.15, -0.1) is 0 Å². The second-order valence-electron chi connectivity index (χ2n) is 5.37. The number of carbonyl (C=O) groups is 1. The molecule has 5 nitrogen and oxygen atoms in total. The maximum absolute atomic E-state index is 12.2. The highest BCUT2D eigenvalue weighted by Crippen LogP contribution is 2.33. The molecule has 0 radical (unpaired) electrons. The lowest BCUT2D eigenvalue weighted by Crippen LogP contribution is -2.42. The topological polar surface area (TPSA) is 76.0 Å². The summed E-state index contributed by atoms with van der Waals surface area (Å²) in [6, 6.07) is 8.78. The molecule has 0 bridgehead atoms. The largest absolute Gasteiger partial charge is 0.429 e. The molecule has 1 saturated carbocycles. The van der Waals surface area contributed by atoms with Crippen molar-refractivity contribution in [3.63, 3.8) is 0 Å². The Labute approximate surface area is 124 Å². The van der Waals surface area contributed by atoms with Gasteiger partial charge in [0.1, 0.15) is 6.10 Å². The fourth-order valence-electron chi connectivity index (χ4n) is 2.47. The minimum Gasteiger partial charge on any atom is -0.429 e. The molecule has 0 unspecified atom stereocenters. The number of aliphatic hydroxyl groups is 2. The van der Waals surface area contributed by atoms with Gasteiger partial charge >= 0.3 is 5.97 Å².